The molecule has 0 aliphatic carbocycles. The summed E-state index contributed by atoms with van der Waals surface area (Å²) in [6.45, 7) is 3.88. The molecule has 3 aromatic carbocycles. The second kappa shape index (κ2) is 11.6. The fraction of sp³-hybridized carbons (Fsp3) is 0.148. The van der Waals surface area contributed by atoms with Crippen molar-refractivity contribution in [2.45, 2.75) is 20.0 Å². The summed E-state index contributed by atoms with van der Waals surface area (Å²) in [7, 11) is 1.57. The van der Waals surface area contributed by atoms with Crippen molar-refractivity contribution in [2.24, 2.45) is 0 Å². The molecule has 0 atom stereocenters. The number of hydrogen-bond donors (Lipinski definition) is 1. The van der Waals surface area contributed by atoms with Gasteiger partial charge in [-0.3, -0.25) is 14.5 Å². The number of ether oxygens (including phenoxy) is 2. The van der Waals surface area contributed by atoms with Gasteiger partial charge in [-0.05, 0) is 103 Å². The number of methoxy groups -OCH3 is 1. The third kappa shape index (κ3) is 6.31. The van der Waals surface area contributed by atoms with Gasteiger partial charge < -0.3 is 14.8 Å². The van der Waals surface area contributed by atoms with E-state index >= 15 is 0 Å². The van der Waals surface area contributed by atoms with Crippen LogP contribution in [0.3, 0.4) is 0 Å². The number of nitrogens with one attached hydrogen (secondary N) is 1. The highest BCUT2D eigenvalue weighted by molar-refractivity contribution is 14.1. The Kier molecular flexibility index (Phi) is 8.50. The Bertz CT molecular complexity index is 1410. The lowest BCUT2D eigenvalue weighted by atomic mass is 10.1. The number of rotatable bonds is 7. The summed E-state index contributed by atoms with van der Waals surface area (Å²) in [5.74, 6) is 0.151. The molecule has 1 saturated heterocycles. The predicted molar refractivity (Wildman–Crippen MR) is 158 cm³/mol. The van der Waals surface area contributed by atoms with E-state index < -0.39 is 5.82 Å². The molecule has 1 heterocycles. The van der Waals surface area contributed by atoms with Crippen LogP contribution in [-0.4, -0.2) is 29.3 Å². The van der Waals surface area contributed by atoms with Gasteiger partial charge in [0.2, 0.25) is 0 Å². The topological polar surface area (TPSA) is 67.9 Å². The zero-order valence-electron chi connectivity index (χ0n) is 20.1. The average Bonchev–Trinajstić information content (AvgIpc) is 3.14. The smallest absolute Gasteiger partial charge is 0.270 e. The van der Waals surface area contributed by atoms with E-state index in [1.165, 1.54) is 40.9 Å². The molecule has 10 heteroatoms. The minimum Gasteiger partial charge on any atom is -0.493 e. The molecular formula is C27H22FIN2O4S2. The van der Waals surface area contributed by atoms with Crippen LogP contribution in [0, 0.1) is 9.39 Å². The fourth-order valence-electron chi connectivity index (χ4n) is 3.54. The minimum atomic E-state index is -0.393. The van der Waals surface area contributed by atoms with E-state index in [-0.39, 0.29) is 17.9 Å². The van der Waals surface area contributed by atoms with Crippen LogP contribution in [0.4, 0.5) is 15.8 Å². The SMILES string of the molecule is COc1cc(/C=C2/SC(=S)N(c3cccc(C(=O)Nc4ccc(F)cc4)c3)C2=O)cc(I)c1OC(C)C. The minimum absolute atomic E-state index is 0.0157. The summed E-state index contributed by atoms with van der Waals surface area (Å²) < 4.78 is 25.7. The second-order valence-corrected chi connectivity index (χ2v) is 11.1. The van der Waals surface area contributed by atoms with Gasteiger partial charge in [-0.2, -0.15) is 0 Å². The molecule has 37 heavy (non-hydrogen) atoms. The van der Waals surface area contributed by atoms with E-state index in [2.05, 4.69) is 27.9 Å². The van der Waals surface area contributed by atoms with Crippen LogP contribution >= 0.6 is 46.6 Å². The van der Waals surface area contributed by atoms with E-state index in [1.807, 2.05) is 26.0 Å². The van der Waals surface area contributed by atoms with Gasteiger partial charge in [-0.25, -0.2) is 4.39 Å². The van der Waals surface area contributed by atoms with Crippen molar-refractivity contribution in [3.63, 3.8) is 0 Å². The maximum absolute atomic E-state index is 13.3. The van der Waals surface area contributed by atoms with E-state index in [0.717, 1.165) is 9.13 Å². The summed E-state index contributed by atoms with van der Waals surface area (Å²) >= 11 is 8.87. The maximum atomic E-state index is 13.3. The van der Waals surface area contributed by atoms with Crippen molar-refractivity contribution in [1.82, 2.24) is 0 Å². The molecule has 1 aliphatic rings. The van der Waals surface area contributed by atoms with Crippen LogP contribution in [0.2, 0.25) is 0 Å². The van der Waals surface area contributed by atoms with Crippen LogP contribution in [-0.2, 0) is 4.79 Å². The Morgan fingerprint density at radius 2 is 1.89 bits per heavy atom. The molecule has 190 valence electrons. The van der Waals surface area contributed by atoms with Gasteiger partial charge in [0.15, 0.2) is 15.8 Å². The first-order valence-electron chi connectivity index (χ1n) is 11.2. The molecule has 1 aliphatic heterocycles. The summed E-state index contributed by atoms with van der Waals surface area (Å²) in [4.78, 5) is 27.9. The van der Waals surface area contributed by atoms with Gasteiger partial charge >= 0.3 is 0 Å². The average molecular weight is 649 g/mol. The molecule has 1 N–H and O–H groups in total. The standard InChI is InChI=1S/C27H22FIN2O4S2/c1-15(2)35-24-21(29)11-16(12-22(24)34-3)13-23-26(33)31(27(36)37-23)20-6-4-5-17(14-20)25(32)30-19-9-7-18(28)8-10-19/h4-15H,1-3H3,(H,30,32)/b23-13+. The Hall–Kier alpha value is -2.96. The summed E-state index contributed by atoms with van der Waals surface area (Å²) in [5.41, 5.74) is 2.04. The molecule has 2 amide bonds. The monoisotopic (exact) mass is 648 g/mol. The van der Waals surface area contributed by atoms with Crippen LogP contribution < -0.4 is 19.7 Å². The number of thioether (sulfide) groups is 1. The van der Waals surface area contributed by atoms with Crippen molar-refractivity contribution in [1.29, 1.82) is 0 Å². The molecule has 0 radical (unpaired) electrons. The molecule has 0 saturated carbocycles. The van der Waals surface area contributed by atoms with Gasteiger partial charge in [-0.15, -0.1) is 0 Å². The van der Waals surface area contributed by atoms with Crippen molar-refractivity contribution < 1.29 is 23.5 Å². The fourth-order valence-corrected chi connectivity index (χ4v) is 5.59. The lowest BCUT2D eigenvalue weighted by Gasteiger charge is -2.16. The van der Waals surface area contributed by atoms with Crippen molar-refractivity contribution in [3.05, 3.63) is 86.1 Å². The normalized spacial score (nSPS) is 14.4. The molecule has 0 aromatic heterocycles. The lowest BCUT2D eigenvalue weighted by molar-refractivity contribution is -0.113. The highest BCUT2D eigenvalue weighted by Crippen LogP contribution is 2.39. The molecule has 3 aromatic rings. The molecular weight excluding hydrogens is 626 g/mol. The van der Waals surface area contributed by atoms with Gasteiger partial charge in [0, 0.05) is 11.3 Å². The molecule has 4 rings (SSSR count). The maximum Gasteiger partial charge on any atom is 0.270 e. The Morgan fingerprint density at radius 3 is 2.57 bits per heavy atom. The van der Waals surface area contributed by atoms with Crippen molar-refractivity contribution in [2.75, 3.05) is 17.3 Å². The summed E-state index contributed by atoms with van der Waals surface area (Å²) in [5, 5.41) is 2.72. The summed E-state index contributed by atoms with van der Waals surface area (Å²) in [6.07, 6.45) is 1.74. The zero-order valence-corrected chi connectivity index (χ0v) is 23.9. The predicted octanol–water partition coefficient (Wildman–Crippen LogP) is 6.88. The van der Waals surface area contributed by atoms with Crippen molar-refractivity contribution in [3.8, 4) is 11.5 Å². The van der Waals surface area contributed by atoms with Crippen LogP contribution in [0.25, 0.3) is 6.08 Å². The number of carbonyl (C=O) groups is 2. The number of benzene rings is 3. The number of amides is 2. The molecule has 6 nitrogen and oxygen atoms in total. The number of anilines is 2. The number of hydrogen-bond acceptors (Lipinski definition) is 6. The number of nitrogens with zero attached hydrogens (tertiary/aromatic N) is 1. The first-order valence-corrected chi connectivity index (χ1v) is 13.5. The first kappa shape index (κ1) is 27.1. The quantitative estimate of drug-likeness (QED) is 0.171. The molecule has 0 unspecified atom stereocenters. The van der Waals surface area contributed by atoms with Crippen molar-refractivity contribution >= 4 is 80.2 Å². The Balaban J connectivity index is 1.58. The highest BCUT2D eigenvalue weighted by Gasteiger charge is 2.33. The summed E-state index contributed by atoms with van der Waals surface area (Å²) in [6, 6.07) is 15.8. The van der Waals surface area contributed by atoms with Crippen LogP contribution in [0.5, 0.6) is 11.5 Å². The largest absolute Gasteiger partial charge is 0.493 e. The number of thiocarbonyl (C=S) groups is 1. The molecule has 0 spiro atoms. The number of carbonyl (C=O) groups excluding carboxylic acids is 2. The van der Waals surface area contributed by atoms with E-state index in [1.54, 1.807) is 37.5 Å². The van der Waals surface area contributed by atoms with E-state index in [4.69, 9.17) is 21.7 Å². The first-order chi connectivity index (χ1) is 17.7. The highest BCUT2D eigenvalue weighted by atomic mass is 127. The van der Waals surface area contributed by atoms with Crippen LogP contribution in [0.15, 0.2) is 65.6 Å². The van der Waals surface area contributed by atoms with E-state index in [9.17, 15) is 14.0 Å². The van der Waals surface area contributed by atoms with E-state index in [0.29, 0.717) is 37.7 Å². The third-order valence-corrected chi connectivity index (χ3v) is 7.27. The number of halogens is 2. The van der Waals surface area contributed by atoms with Gasteiger partial charge in [0.05, 0.1) is 27.4 Å². The third-order valence-electron chi connectivity index (χ3n) is 5.17. The Labute approximate surface area is 237 Å². The lowest BCUT2D eigenvalue weighted by Crippen LogP contribution is -2.27. The van der Waals surface area contributed by atoms with Crippen LogP contribution in [0.1, 0.15) is 29.8 Å². The Morgan fingerprint density at radius 1 is 1.16 bits per heavy atom. The van der Waals surface area contributed by atoms with Gasteiger partial charge in [-0.1, -0.05) is 30.0 Å². The van der Waals surface area contributed by atoms with Gasteiger partial charge in [0.25, 0.3) is 11.8 Å². The zero-order chi connectivity index (χ0) is 26.7. The molecule has 1 fully saturated rings. The molecule has 0 bridgehead atoms. The van der Waals surface area contributed by atoms with Gasteiger partial charge in [0.1, 0.15) is 5.82 Å². The second-order valence-electron chi connectivity index (χ2n) is 8.23.